The lowest BCUT2D eigenvalue weighted by Crippen LogP contribution is -2.37. The van der Waals surface area contributed by atoms with Crippen LogP contribution in [0.3, 0.4) is 0 Å². The fourth-order valence-corrected chi connectivity index (χ4v) is 3.54. The zero-order valence-electron chi connectivity index (χ0n) is 11.9. The maximum Gasteiger partial charge on any atom is 0.281 e. The summed E-state index contributed by atoms with van der Waals surface area (Å²) in [6, 6.07) is 1.37. The van der Waals surface area contributed by atoms with E-state index >= 15 is 0 Å². The Morgan fingerprint density at radius 3 is 2.65 bits per heavy atom. The number of amides is 1. The number of sulfonamides is 1. The quantitative estimate of drug-likeness (QED) is 0.854. The second-order valence-corrected chi connectivity index (χ2v) is 6.89. The molecule has 0 bridgehead atoms. The van der Waals surface area contributed by atoms with Crippen LogP contribution in [0, 0.1) is 5.92 Å². The molecule has 1 heterocycles. The third-order valence-corrected chi connectivity index (χ3v) is 5.23. The van der Waals surface area contributed by atoms with E-state index in [0.717, 1.165) is 6.42 Å². The number of carbonyl (C=O) groups is 1. The number of hydrogen-bond acceptors (Lipinski definition) is 4. The number of hydrogen-bond donors (Lipinski definition) is 1. The lowest BCUT2D eigenvalue weighted by atomic mass is 9.85. The van der Waals surface area contributed by atoms with E-state index < -0.39 is 15.9 Å². The Bertz CT molecular complexity index is 658. The zero-order valence-corrected chi connectivity index (χ0v) is 12.7. The van der Waals surface area contributed by atoms with Crippen LogP contribution in [0.15, 0.2) is 28.4 Å². The van der Waals surface area contributed by atoms with Crippen molar-refractivity contribution in [1.29, 1.82) is 0 Å². The molecule has 1 unspecified atom stereocenters. The molecule has 0 fully saturated rings. The van der Waals surface area contributed by atoms with Gasteiger partial charge < -0.3 is 0 Å². The van der Waals surface area contributed by atoms with E-state index in [-0.39, 0.29) is 10.9 Å². The molecule has 0 spiro atoms. The molecule has 0 saturated carbocycles. The Labute approximate surface area is 118 Å². The molecular formula is C13H19N3O3S. The summed E-state index contributed by atoms with van der Waals surface area (Å²) in [6.45, 7) is 4.04. The van der Waals surface area contributed by atoms with Crippen LogP contribution in [-0.4, -0.2) is 24.1 Å². The van der Waals surface area contributed by atoms with Gasteiger partial charge in [0.25, 0.3) is 10.0 Å². The first-order valence-corrected chi connectivity index (χ1v) is 7.99. The van der Waals surface area contributed by atoms with E-state index in [9.17, 15) is 13.2 Å². The van der Waals surface area contributed by atoms with Crippen molar-refractivity contribution >= 4 is 15.9 Å². The number of allylic oxidation sites excluding steroid dienone is 2. The van der Waals surface area contributed by atoms with Crippen LogP contribution in [0.1, 0.15) is 33.1 Å². The van der Waals surface area contributed by atoms with Crippen molar-refractivity contribution in [3.63, 3.8) is 0 Å². The first-order chi connectivity index (χ1) is 9.31. The van der Waals surface area contributed by atoms with Gasteiger partial charge in [-0.1, -0.05) is 11.1 Å². The minimum atomic E-state index is -3.84. The first-order valence-electron chi connectivity index (χ1n) is 6.51. The van der Waals surface area contributed by atoms with Crippen LogP contribution in [0.4, 0.5) is 0 Å². The van der Waals surface area contributed by atoms with E-state index in [1.54, 1.807) is 0 Å². The van der Waals surface area contributed by atoms with Gasteiger partial charge in [0.05, 0.1) is 6.20 Å². The number of aromatic nitrogens is 2. The van der Waals surface area contributed by atoms with Gasteiger partial charge in [-0.15, -0.1) is 0 Å². The van der Waals surface area contributed by atoms with Crippen LogP contribution in [0.2, 0.25) is 0 Å². The molecule has 6 nitrogen and oxygen atoms in total. The van der Waals surface area contributed by atoms with E-state index in [1.807, 2.05) is 6.92 Å². The van der Waals surface area contributed by atoms with Crippen molar-refractivity contribution in [2.24, 2.45) is 13.0 Å². The van der Waals surface area contributed by atoms with Gasteiger partial charge in [0.1, 0.15) is 0 Å². The lowest BCUT2D eigenvalue weighted by Gasteiger charge is -2.23. The number of carbonyl (C=O) groups excluding carboxylic acids is 1. The number of nitrogens with zero attached hydrogens (tertiary/aromatic N) is 2. The highest BCUT2D eigenvalue weighted by Crippen LogP contribution is 2.29. The van der Waals surface area contributed by atoms with E-state index in [4.69, 9.17) is 0 Å². The van der Waals surface area contributed by atoms with Gasteiger partial charge in [-0.3, -0.25) is 9.48 Å². The maximum atomic E-state index is 12.1. The summed E-state index contributed by atoms with van der Waals surface area (Å²) in [5.41, 5.74) is 2.47. The predicted octanol–water partition coefficient (Wildman–Crippen LogP) is 1.36. The molecule has 1 N–H and O–H groups in total. The molecule has 7 heteroatoms. The Balaban J connectivity index is 2.11. The summed E-state index contributed by atoms with van der Waals surface area (Å²) in [5.74, 6) is -0.709. The number of rotatable bonds is 3. The van der Waals surface area contributed by atoms with Crippen molar-refractivity contribution < 1.29 is 13.2 Å². The highest BCUT2D eigenvalue weighted by atomic mass is 32.2. The van der Waals surface area contributed by atoms with Crippen molar-refractivity contribution in [3.05, 3.63) is 23.4 Å². The van der Waals surface area contributed by atoms with E-state index in [2.05, 4.69) is 16.7 Å². The molecule has 110 valence electrons. The second kappa shape index (κ2) is 5.40. The van der Waals surface area contributed by atoms with Crippen molar-refractivity contribution in [2.75, 3.05) is 0 Å². The van der Waals surface area contributed by atoms with Crippen LogP contribution >= 0.6 is 0 Å². The van der Waals surface area contributed by atoms with Gasteiger partial charge in [-0.05, 0) is 39.2 Å². The Morgan fingerprint density at radius 2 is 2.10 bits per heavy atom. The smallest absolute Gasteiger partial charge is 0.274 e. The third kappa shape index (κ3) is 2.92. The zero-order chi connectivity index (χ0) is 14.9. The standard InChI is InChI=1S/C13H19N3O3S/c1-9-4-5-11(8-10(9)2)13(17)15-20(18,19)12-6-7-14-16(12)3/h6-7,11H,4-5,8H2,1-3H3,(H,15,17). The summed E-state index contributed by atoms with van der Waals surface area (Å²) in [5, 5.41) is 3.79. The van der Waals surface area contributed by atoms with Gasteiger partial charge >= 0.3 is 0 Å². The molecule has 0 saturated heterocycles. The average molecular weight is 297 g/mol. The number of aryl methyl sites for hydroxylation is 1. The summed E-state index contributed by atoms with van der Waals surface area (Å²) < 4.78 is 27.6. The highest BCUT2D eigenvalue weighted by molar-refractivity contribution is 7.90. The molecule has 2 rings (SSSR count). The SMILES string of the molecule is CC1=C(C)CC(C(=O)NS(=O)(=O)c2ccnn2C)CC1. The molecule has 1 atom stereocenters. The minimum absolute atomic E-state index is 0.00916. The molecule has 1 aromatic rings. The number of nitrogens with one attached hydrogen (secondary N) is 1. The Hall–Kier alpha value is -1.63. The Kier molecular flexibility index (Phi) is 3.99. The highest BCUT2D eigenvalue weighted by Gasteiger charge is 2.28. The van der Waals surface area contributed by atoms with Gasteiger partial charge in [0, 0.05) is 13.0 Å². The molecule has 0 aliphatic heterocycles. The molecule has 1 aromatic heterocycles. The molecule has 20 heavy (non-hydrogen) atoms. The van der Waals surface area contributed by atoms with Gasteiger partial charge in [0.15, 0.2) is 5.03 Å². The fourth-order valence-electron chi connectivity index (χ4n) is 2.37. The van der Waals surface area contributed by atoms with Crippen molar-refractivity contribution in [2.45, 2.75) is 38.1 Å². The monoisotopic (exact) mass is 297 g/mol. The molecule has 0 aromatic carbocycles. The third-order valence-electron chi connectivity index (χ3n) is 3.81. The van der Waals surface area contributed by atoms with E-state index in [0.29, 0.717) is 12.8 Å². The molecule has 1 aliphatic carbocycles. The largest absolute Gasteiger partial charge is 0.281 e. The summed E-state index contributed by atoms with van der Waals surface area (Å²) >= 11 is 0. The first kappa shape index (κ1) is 14.8. The van der Waals surface area contributed by atoms with Gasteiger partial charge in [-0.25, -0.2) is 4.72 Å². The molecule has 0 radical (unpaired) electrons. The average Bonchev–Trinajstić information content (AvgIpc) is 2.79. The summed E-state index contributed by atoms with van der Waals surface area (Å²) in [4.78, 5) is 12.1. The maximum absolute atomic E-state index is 12.1. The van der Waals surface area contributed by atoms with Crippen molar-refractivity contribution in [1.82, 2.24) is 14.5 Å². The van der Waals surface area contributed by atoms with E-state index in [1.165, 1.54) is 35.1 Å². The summed E-state index contributed by atoms with van der Waals surface area (Å²) in [6.07, 6.45) is 3.54. The van der Waals surface area contributed by atoms with Crippen molar-refractivity contribution in [3.8, 4) is 0 Å². The topological polar surface area (TPSA) is 81.1 Å². The normalized spacial score (nSPS) is 20.1. The van der Waals surface area contributed by atoms with Gasteiger partial charge in [-0.2, -0.15) is 13.5 Å². The van der Waals surface area contributed by atoms with Crippen LogP contribution in [0.25, 0.3) is 0 Å². The summed E-state index contributed by atoms with van der Waals surface area (Å²) in [7, 11) is -2.32. The predicted molar refractivity (Wildman–Crippen MR) is 74.3 cm³/mol. The van der Waals surface area contributed by atoms with Crippen LogP contribution in [0.5, 0.6) is 0 Å². The van der Waals surface area contributed by atoms with Crippen LogP contribution < -0.4 is 4.72 Å². The fraction of sp³-hybridized carbons (Fsp3) is 0.538. The molecule has 1 aliphatic rings. The van der Waals surface area contributed by atoms with Gasteiger partial charge in [0.2, 0.25) is 5.91 Å². The Morgan fingerprint density at radius 1 is 1.40 bits per heavy atom. The molecule has 1 amide bonds. The minimum Gasteiger partial charge on any atom is -0.274 e. The molecular weight excluding hydrogens is 278 g/mol. The lowest BCUT2D eigenvalue weighted by molar-refractivity contribution is -0.123. The van der Waals surface area contributed by atoms with Crippen LogP contribution in [-0.2, 0) is 21.9 Å². The second-order valence-electron chi connectivity index (χ2n) is 5.26.